The van der Waals surface area contributed by atoms with Crippen LogP contribution in [0, 0.1) is 40.4 Å². The molecule has 0 spiro atoms. The summed E-state index contributed by atoms with van der Waals surface area (Å²) in [7, 11) is 0. The molecule has 0 radical (unpaired) electrons. The van der Waals surface area contributed by atoms with Crippen molar-refractivity contribution in [2.75, 3.05) is 0 Å². The molecular weight excluding hydrogens is 283 g/mol. The number of halogens is 5. The fourth-order valence-electron chi connectivity index (χ4n) is 1.31. The van der Waals surface area contributed by atoms with Crippen molar-refractivity contribution in [3.8, 4) is 6.07 Å². The highest BCUT2D eigenvalue weighted by atomic mass is 19.2. The van der Waals surface area contributed by atoms with E-state index in [4.69, 9.17) is 5.26 Å². The Bertz CT molecular complexity index is 582. The molecule has 108 valence electrons. The highest BCUT2D eigenvalue weighted by Crippen LogP contribution is 2.23. The van der Waals surface area contributed by atoms with Crippen molar-refractivity contribution in [1.29, 1.82) is 5.26 Å². The second kappa shape index (κ2) is 5.45. The Morgan fingerprint density at radius 1 is 1.10 bits per heavy atom. The summed E-state index contributed by atoms with van der Waals surface area (Å²) >= 11 is 0. The minimum Gasteiger partial charge on any atom is -0.334 e. The number of hydrogen-bond donors (Lipinski definition) is 1. The van der Waals surface area contributed by atoms with Crippen LogP contribution in [0.4, 0.5) is 22.0 Å². The third-order valence-electron chi connectivity index (χ3n) is 2.78. The molecule has 1 N–H and O–H groups in total. The molecule has 0 bridgehead atoms. The van der Waals surface area contributed by atoms with Crippen molar-refractivity contribution in [2.45, 2.75) is 25.8 Å². The molecule has 0 heterocycles. The van der Waals surface area contributed by atoms with Gasteiger partial charge in [0.1, 0.15) is 11.1 Å². The molecule has 1 unspecified atom stereocenters. The van der Waals surface area contributed by atoms with Crippen LogP contribution in [0.5, 0.6) is 0 Å². The van der Waals surface area contributed by atoms with Gasteiger partial charge in [0.05, 0.1) is 6.07 Å². The third kappa shape index (κ3) is 2.57. The van der Waals surface area contributed by atoms with E-state index in [2.05, 4.69) is 0 Å². The van der Waals surface area contributed by atoms with E-state index in [0.29, 0.717) is 0 Å². The number of rotatable bonds is 3. The minimum atomic E-state index is -2.35. The first-order valence-electron chi connectivity index (χ1n) is 5.43. The average molecular weight is 292 g/mol. The first-order chi connectivity index (χ1) is 9.18. The van der Waals surface area contributed by atoms with Gasteiger partial charge in [0, 0.05) is 0 Å². The van der Waals surface area contributed by atoms with Crippen molar-refractivity contribution < 1.29 is 26.7 Å². The van der Waals surface area contributed by atoms with Gasteiger partial charge in [-0.05, 0) is 13.3 Å². The van der Waals surface area contributed by atoms with E-state index in [9.17, 15) is 26.7 Å². The van der Waals surface area contributed by atoms with Gasteiger partial charge in [-0.1, -0.05) is 6.92 Å². The Hall–Kier alpha value is -2.17. The molecule has 0 aliphatic rings. The lowest BCUT2D eigenvalue weighted by Crippen LogP contribution is -2.45. The minimum absolute atomic E-state index is 0.0740. The van der Waals surface area contributed by atoms with Crippen LogP contribution in [0.25, 0.3) is 0 Å². The zero-order valence-corrected chi connectivity index (χ0v) is 10.5. The monoisotopic (exact) mass is 292 g/mol. The maximum atomic E-state index is 13.4. The second-order valence-electron chi connectivity index (χ2n) is 4.20. The topological polar surface area (TPSA) is 52.9 Å². The number of carbonyl (C=O) groups is 1. The maximum Gasteiger partial charge on any atom is 0.258 e. The number of carbonyl (C=O) groups excluding carboxylic acids is 1. The lowest BCUT2D eigenvalue weighted by atomic mass is 10.00. The van der Waals surface area contributed by atoms with Gasteiger partial charge in [-0.25, -0.2) is 22.0 Å². The Morgan fingerprint density at radius 2 is 1.50 bits per heavy atom. The molecule has 1 atom stereocenters. The van der Waals surface area contributed by atoms with Gasteiger partial charge in [-0.2, -0.15) is 5.26 Å². The van der Waals surface area contributed by atoms with Crippen molar-refractivity contribution in [3.05, 3.63) is 34.6 Å². The second-order valence-corrected chi connectivity index (χ2v) is 4.20. The molecular formula is C12H9F5N2O. The molecule has 0 aliphatic heterocycles. The van der Waals surface area contributed by atoms with E-state index in [1.54, 1.807) is 6.07 Å². The molecule has 0 fully saturated rings. The summed E-state index contributed by atoms with van der Waals surface area (Å²) in [6.07, 6.45) is 0.0740. The van der Waals surface area contributed by atoms with Crippen molar-refractivity contribution in [2.24, 2.45) is 0 Å². The normalized spacial score (nSPS) is 13.5. The van der Waals surface area contributed by atoms with Crippen molar-refractivity contribution >= 4 is 5.91 Å². The molecule has 1 amide bonds. The van der Waals surface area contributed by atoms with Gasteiger partial charge in [0.25, 0.3) is 5.91 Å². The van der Waals surface area contributed by atoms with E-state index in [-0.39, 0.29) is 6.42 Å². The Morgan fingerprint density at radius 3 is 1.85 bits per heavy atom. The molecule has 0 saturated carbocycles. The fourth-order valence-corrected chi connectivity index (χ4v) is 1.31. The molecule has 0 aliphatic carbocycles. The highest BCUT2D eigenvalue weighted by molar-refractivity contribution is 5.95. The van der Waals surface area contributed by atoms with Crippen molar-refractivity contribution in [1.82, 2.24) is 5.32 Å². The molecule has 1 rings (SSSR count). The summed E-state index contributed by atoms with van der Waals surface area (Å²) in [4.78, 5) is 11.6. The summed E-state index contributed by atoms with van der Waals surface area (Å²) in [5, 5.41) is 10.7. The first-order valence-corrected chi connectivity index (χ1v) is 5.43. The summed E-state index contributed by atoms with van der Waals surface area (Å²) in [6, 6.07) is 1.67. The molecule has 0 aromatic heterocycles. The summed E-state index contributed by atoms with van der Waals surface area (Å²) in [6.45, 7) is 2.75. The third-order valence-corrected chi connectivity index (χ3v) is 2.78. The van der Waals surface area contributed by atoms with E-state index in [1.807, 2.05) is 5.32 Å². The first kappa shape index (κ1) is 15.9. The smallest absolute Gasteiger partial charge is 0.258 e. The number of nitriles is 1. The van der Waals surface area contributed by atoms with E-state index >= 15 is 0 Å². The zero-order chi connectivity index (χ0) is 15.7. The lowest BCUT2D eigenvalue weighted by Gasteiger charge is -2.21. The SMILES string of the molecule is CCC(C)(C#N)NC(=O)c1c(F)c(F)c(F)c(F)c1F. The van der Waals surface area contributed by atoms with Gasteiger partial charge in [0.2, 0.25) is 5.82 Å². The quantitative estimate of drug-likeness (QED) is 0.529. The molecule has 8 heteroatoms. The van der Waals surface area contributed by atoms with Crippen LogP contribution in [0.2, 0.25) is 0 Å². The highest BCUT2D eigenvalue weighted by Gasteiger charge is 2.33. The van der Waals surface area contributed by atoms with E-state index < -0.39 is 46.1 Å². The Kier molecular flexibility index (Phi) is 4.33. The zero-order valence-electron chi connectivity index (χ0n) is 10.5. The number of nitrogens with one attached hydrogen (secondary N) is 1. The van der Waals surface area contributed by atoms with Crippen LogP contribution < -0.4 is 5.32 Å². The van der Waals surface area contributed by atoms with Crippen LogP contribution in [-0.2, 0) is 0 Å². The predicted octanol–water partition coefficient (Wildman–Crippen LogP) is 2.80. The predicted molar refractivity (Wildman–Crippen MR) is 58.0 cm³/mol. The number of amides is 1. The van der Waals surface area contributed by atoms with Gasteiger partial charge in [-0.3, -0.25) is 4.79 Å². The van der Waals surface area contributed by atoms with E-state index in [0.717, 1.165) is 0 Å². The number of nitrogens with zero attached hydrogens (tertiary/aromatic N) is 1. The summed E-state index contributed by atoms with van der Waals surface area (Å²) < 4.78 is 65.5. The van der Waals surface area contributed by atoms with Crippen LogP contribution in [0.3, 0.4) is 0 Å². The standard InChI is InChI=1S/C12H9F5N2O/c1-3-12(2,4-18)19-11(20)5-6(13)8(15)10(17)9(16)7(5)14/h3H2,1-2H3,(H,19,20). The van der Waals surface area contributed by atoms with Gasteiger partial charge >= 0.3 is 0 Å². The molecule has 3 nitrogen and oxygen atoms in total. The Balaban J connectivity index is 3.36. The number of benzene rings is 1. The molecule has 20 heavy (non-hydrogen) atoms. The summed E-state index contributed by atoms with van der Waals surface area (Å²) in [5.74, 6) is -12.8. The van der Waals surface area contributed by atoms with Gasteiger partial charge in [0.15, 0.2) is 23.3 Å². The van der Waals surface area contributed by atoms with Crippen LogP contribution >= 0.6 is 0 Å². The van der Waals surface area contributed by atoms with Crippen LogP contribution in [0.1, 0.15) is 30.6 Å². The van der Waals surface area contributed by atoms with Crippen molar-refractivity contribution in [3.63, 3.8) is 0 Å². The van der Waals surface area contributed by atoms with Gasteiger partial charge in [-0.15, -0.1) is 0 Å². The van der Waals surface area contributed by atoms with Crippen LogP contribution in [0.15, 0.2) is 0 Å². The van der Waals surface area contributed by atoms with Gasteiger partial charge < -0.3 is 5.32 Å². The van der Waals surface area contributed by atoms with E-state index in [1.165, 1.54) is 13.8 Å². The number of hydrogen-bond acceptors (Lipinski definition) is 2. The average Bonchev–Trinajstić information content (AvgIpc) is 2.43. The lowest BCUT2D eigenvalue weighted by molar-refractivity contribution is 0.0911. The van der Waals surface area contributed by atoms with Crippen LogP contribution in [-0.4, -0.2) is 11.4 Å². The largest absolute Gasteiger partial charge is 0.334 e. The molecule has 0 saturated heterocycles. The molecule has 1 aromatic carbocycles. The fraction of sp³-hybridized carbons (Fsp3) is 0.333. The summed E-state index contributed by atoms with van der Waals surface area (Å²) in [5.41, 5.74) is -3.10. The molecule has 1 aromatic rings. The maximum absolute atomic E-state index is 13.4. The Labute approximate surface area is 111 Å².